The minimum absolute atomic E-state index is 0.0687. The van der Waals surface area contributed by atoms with Crippen LogP contribution in [0.1, 0.15) is 28.2 Å². The van der Waals surface area contributed by atoms with Crippen LogP contribution in [0.3, 0.4) is 0 Å². The second-order valence-corrected chi connectivity index (χ2v) is 10.2. The highest BCUT2D eigenvalue weighted by Crippen LogP contribution is 2.37. The Hall–Kier alpha value is -5.15. The van der Waals surface area contributed by atoms with Crippen LogP contribution in [0.4, 0.5) is 11.4 Å². The first kappa shape index (κ1) is 26.1. The van der Waals surface area contributed by atoms with Crippen LogP contribution in [0.5, 0.6) is 0 Å². The number of nitrogens with zero attached hydrogens (tertiary/aromatic N) is 1. The van der Waals surface area contributed by atoms with Gasteiger partial charge in [-0.25, -0.2) is 0 Å². The number of allylic oxidation sites excluding steroid dienone is 1. The number of anilines is 2. The van der Waals surface area contributed by atoms with E-state index in [9.17, 15) is 0 Å². The van der Waals surface area contributed by atoms with Gasteiger partial charge in [0.05, 0.1) is 12.6 Å². The van der Waals surface area contributed by atoms with E-state index in [1.54, 1.807) is 0 Å². The Bertz CT molecular complexity index is 1620. The number of hydrogen-bond acceptors (Lipinski definition) is 3. The van der Waals surface area contributed by atoms with Crippen molar-refractivity contribution in [2.45, 2.75) is 18.5 Å². The lowest BCUT2D eigenvalue weighted by molar-refractivity contribution is 0.753. The van der Waals surface area contributed by atoms with Gasteiger partial charge in [0.15, 0.2) is 0 Å². The largest absolute Gasteiger partial charge is 0.378 e. The lowest BCUT2D eigenvalue weighted by Crippen LogP contribution is -2.29. The standard InChI is InChI=1S/C38H33N3/c1-5-13-29(14-6-1)27-39-28-30-21-23-34(24-22-30)41-38-26-37(40-33-19-11-4-12-20-33)35(31-15-7-2-8-16-31)25-36(38)32-17-9-3-10-18-32/h1-26,28,35,37,40-41H,27H2/b39-28+. The SMILES string of the molecule is C1=C(Nc2ccc(/C=N/Cc3ccccc3)cc2)C(c2ccccc2)=CC(c2ccccc2)C1Nc1ccccc1. The average molecular weight is 532 g/mol. The molecule has 200 valence electrons. The van der Waals surface area contributed by atoms with E-state index in [0.717, 1.165) is 22.6 Å². The maximum absolute atomic E-state index is 4.62. The molecule has 1 aliphatic rings. The molecule has 0 saturated carbocycles. The molecule has 0 radical (unpaired) electrons. The molecule has 5 aromatic carbocycles. The summed E-state index contributed by atoms with van der Waals surface area (Å²) in [5, 5.41) is 7.52. The summed E-state index contributed by atoms with van der Waals surface area (Å²) in [7, 11) is 0. The van der Waals surface area contributed by atoms with Gasteiger partial charge in [0.2, 0.25) is 0 Å². The highest BCUT2D eigenvalue weighted by Gasteiger charge is 2.27. The van der Waals surface area contributed by atoms with Crippen molar-refractivity contribution in [2.24, 2.45) is 4.99 Å². The molecular weight excluding hydrogens is 498 g/mol. The van der Waals surface area contributed by atoms with Gasteiger partial charge >= 0.3 is 0 Å². The predicted octanol–water partition coefficient (Wildman–Crippen LogP) is 8.96. The molecule has 3 nitrogen and oxygen atoms in total. The first-order chi connectivity index (χ1) is 20.3. The van der Waals surface area contributed by atoms with Crippen molar-refractivity contribution >= 4 is 23.2 Å². The van der Waals surface area contributed by atoms with Gasteiger partial charge in [-0.3, -0.25) is 4.99 Å². The summed E-state index contributed by atoms with van der Waals surface area (Å²) >= 11 is 0. The maximum Gasteiger partial charge on any atom is 0.0639 e. The van der Waals surface area contributed by atoms with Gasteiger partial charge in [0.25, 0.3) is 0 Å². The van der Waals surface area contributed by atoms with Crippen LogP contribution in [0.2, 0.25) is 0 Å². The minimum atomic E-state index is 0.0687. The predicted molar refractivity (Wildman–Crippen MR) is 173 cm³/mol. The van der Waals surface area contributed by atoms with E-state index in [4.69, 9.17) is 0 Å². The molecule has 41 heavy (non-hydrogen) atoms. The first-order valence-corrected chi connectivity index (χ1v) is 14.1. The molecule has 0 aromatic heterocycles. The van der Waals surface area contributed by atoms with Gasteiger partial charge in [-0.05, 0) is 52.6 Å². The molecular formula is C38H33N3. The van der Waals surface area contributed by atoms with E-state index in [1.807, 2.05) is 30.5 Å². The molecule has 0 spiro atoms. The van der Waals surface area contributed by atoms with Crippen molar-refractivity contribution < 1.29 is 0 Å². The number of rotatable bonds is 9. The summed E-state index contributed by atoms with van der Waals surface area (Å²) in [5.74, 6) is 0.167. The zero-order chi connectivity index (χ0) is 27.7. The molecule has 2 N–H and O–H groups in total. The van der Waals surface area contributed by atoms with Gasteiger partial charge in [-0.15, -0.1) is 0 Å². The Balaban J connectivity index is 1.29. The Morgan fingerprint density at radius 3 is 1.88 bits per heavy atom. The molecule has 2 atom stereocenters. The normalized spacial score (nSPS) is 16.6. The molecule has 0 bridgehead atoms. The van der Waals surface area contributed by atoms with Crippen LogP contribution in [0.15, 0.2) is 168 Å². The summed E-state index contributed by atoms with van der Waals surface area (Å²) in [6.45, 7) is 0.678. The molecule has 0 heterocycles. The summed E-state index contributed by atoms with van der Waals surface area (Å²) in [6, 6.07) is 50.7. The second kappa shape index (κ2) is 12.8. The minimum Gasteiger partial charge on any atom is -0.378 e. The number of para-hydroxylation sites is 1. The number of nitrogens with one attached hydrogen (secondary N) is 2. The molecule has 0 amide bonds. The van der Waals surface area contributed by atoms with Crippen molar-refractivity contribution in [2.75, 3.05) is 10.6 Å². The lowest BCUT2D eigenvalue weighted by Gasteiger charge is -2.32. The fourth-order valence-corrected chi connectivity index (χ4v) is 5.21. The van der Waals surface area contributed by atoms with E-state index in [-0.39, 0.29) is 12.0 Å². The monoisotopic (exact) mass is 531 g/mol. The van der Waals surface area contributed by atoms with Gasteiger partial charge in [-0.1, -0.05) is 127 Å². The Kier molecular flexibility index (Phi) is 8.15. The van der Waals surface area contributed by atoms with E-state index in [2.05, 4.69) is 149 Å². The number of hydrogen-bond donors (Lipinski definition) is 2. The summed E-state index contributed by atoms with van der Waals surface area (Å²) in [6.07, 6.45) is 6.68. The van der Waals surface area contributed by atoms with Crippen LogP contribution < -0.4 is 10.6 Å². The number of benzene rings is 5. The molecule has 1 aliphatic carbocycles. The van der Waals surface area contributed by atoms with Gasteiger partial charge in [-0.2, -0.15) is 0 Å². The van der Waals surface area contributed by atoms with E-state index >= 15 is 0 Å². The molecule has 3 heteroatoms. The van der Waals surface area contributed by atoms with Crippen molar-refractivity contribution in [1.82, 2.24) is 0 Å². The van der Waals surface area contributed by atoms with E-state index in [1.165, 1.54) is 22.3 Å². The topological polar surface area (TPSA) is 36.4 Å². The summed E-state index contributed by atoms with van der Waals surface area (Å²) in [5.41, 5.74) is 9.18. The quantitative estimate of drug-likeness (QED) is 0.186. The third-order valence-corrected chi connectivity index (χ3v) is 7.29. The maximum atomic E-state index is 4.62. The van der Waals surface area contributed by atoms with Gasteiger partial charge in [0.1, 0.15) is 0 Å². The fraction of sp³-hybridized carbons (Fsp3) is 0.0789. The average Bonchev–Trinajstić information content (AvgIpc) is 3.04. The zero-order valence-corrected chi connectivity index (χ0v) is 22.9. The smallest absolute Gasteiger partial charge is 0.0639 e. The van der Waals surface area contributed by atoms with E-state index < -0.39 is 0 Å². The van der Waals surface area contributed by atoms with Gasteiger partial charge in [0, 0.05) is 34.8 Å². The summed E-state index contributed by atoms with van der Waals surface area (Å²) in [4.78, 5) is 4.62. The summed E-state index contributed by atoms with van der Waals surface area (Å²) < 4.78 is 0. The molecule has 0 aliphatic heterocycles. The zero-order valence-electron chi connectivity index (χ0n) is 22.9. The third kappa shape index (κ3) is 6.71. The van der Waals surface area contributed by atoms with Gasteiger partial charge < -0.3 is 10.6 Å². The third-order valence-electron chi connectivity index (χ3n) is 7.29. The molecule has 6 rings (SSSR count). The first-order valence-electron chi connectivity index (χ1n) is 14.1. The molecule has 0 saturated heterocycles. The number of aliphatic imine (C=N–C) groups is 1. The Morgan fingerprint density at radius 1 is 0.585 bits per heavy atom. The van der Waals surface area contributed by atoms with Crippen LogP contribution in [0, 0.1) is 0 Å². The molecule has 5 aromatic rings. The van der Waals surface area contributed by atoms with Crippen molar-refractivity contribution in [1.29, 1.82) is 0 Å². The van der Waals surface area contributed by atoms with Crippen molar-refractivity contribution in [3.63, 3.8) is 0 Å². The van der Waals surface area contributed by atoms with Crippen LogP contribution in [-0.4, -0.2) is 12.3 Å². The Labute approximate surface area is 242 Å². The highest BCUT2D eigenvalue weighted by molar-refractivity contribution is 5.86. The van der Waals surface area contributed by atoms with Crippen LogP contribution in [-0.2, 0) is 6.54 Å². The fourth-order valence-electron chi connectivity index (χ4n) is 5.21. The van der Waals surface area contributed by atoms with Crippen molar-refractivity contribution in [3.05, 3.63) is 186 Å². The van der Waals surface area contributed by atoms with Crippen LogP contribution >= 0.6 is 0 Å². The highest BCUT2D eigenvalue weighted by atomic mass is 14.9. The van der Waals surface area contributed by atoms with E-state index in [0.29, 0.717) is 6.54 Å². The van der Waals surface area contributed by atoms with Crippen LogP contribution in [0.25, 0.3) is 5.57 Å². The molecule has 0 fully saturated rings. The van der Waals surface area contributed by atoms with Crippen molar-refractivity contribution in [3.8, 4) is 0 Å². The lowest BCUT2D eigenvalue weighted by atomic mass is 9.82. The molecule has 2 unspecified atom stereocenters. The second-order valence-electron chi connectivity index (χ2n) is 10.2. The Morgan fingerprint density at radius 2 is 1.20 bits per heavy atom.